The second-order valence-electron chi connectivity index (χ2n) is 7.73. The molecule has 2 amide bonds. The van der Waals surface area contributed by atoms with Gasteiger partial charge in [0.2, 0.25) is 0 Å². The van der Waals surface area contributed by atoms with Crippen molar-refractivity contribution in [1.82, 2.24) is 14.7 Å². The molecule has 1 aromatic heterocycles. The molecule has 4 rings (SSSR count). The first-order valence-corrected chi connectivity index (χ1v) is 10.3. The monoisotopic (exact) mass is 438 g/mol. The highest BCUT2D eigenvalue weighted by Crippen LogP contribution is 2.33. The van der Waals surface area contributed by atoms with Crippen molar-refractivity contribution in [3.05, 3.63) is 82.6 Å². The van der Waals surface area contributed by atoms with Crippen LogP contribution in [0.5, 0.6) is 5.75 Å². The van der Waals surface area contributed by atoms with Gasteiger partial charge in [-0.1, -0.05) is 18.2 Å². The highest BCUT2D eigenvalue weighted by atomic mass is 16.5. The summed E-state index contributed by atoms with van der Waals surface area (Å²) in [5.74, 6) is -0.316. The van der Waals surface area contributed by atoms with Gasteiger partial charge in [0.1, 0.15) is 23.1 Å². The number of nitrogens with zero attached hydrogens (tertiary/aromatic N) is 4. The van der Waals surface area contributed by atoms with Crippen molar-refractivity contribution in [1.29, 1.82) is 5.26 Å². The fourth-order valence-electron chi connectivity index (χ4n) is 3.80. The number of likely N-dealkylation sites (N-methyl/N-ethyl adjacent to an activating group) is 1. The van der Waals surface area contributed by atoms with Crippen LogP contribution in [0.25, 0.3) is 23.0 Å². The smallest absolute Gasteiger partial charge is 0.271 e. The van der Waals surface area contributed by atoms with Crippen LogP contribution in [-0.2, 0) is 9.59 Å². The van der Waals surface area contributed by atoms with Gasteiger partial charge in [-0.2, -0.15) is 10.4 Å². The minimum atomic E-state index is -0.594. The van der Waals surface area contributed by atoms with E-state index in [1.54, 1.807) is 24.8 Å². The molecule has 2 aromatic carbocycles. The average Bonchev–Trinajstić information content (AvgIpc) is 3.25. The predicted octanol–water partition coefficient (Wildman–Crippen LogP) is 4.08. The molecule has 164 valence electrons. The maximum absolute atomic E-state index is 12.9. The Morgan fingerprint density at radius 3 is 2.42 bits per heavy atom. The van der Waals surface area contributed by atoms with Gasteiger partial charge < -0.3 is 4.74 Å². The van der Waals surface area contributed by atoms with Gasteiger partial charge in [0.25, 0.3) is 11.8 Å². The molecule has 0 spiro atoms. The van der Waals surface area contributed by atoms with Gasteiger partial charge >= 0.3 is 0 Å². The Hall–Kier alpha value is -4.44. The van der Waals surface area contributed by atoms with E-state index < -0.39 is 11.8 Å². The maximum Gasteiger partial charge on any atom is 0.271 e. The molecule has 0 bridgehead atoms. The standard InChI is InChI=1S/C26H22N4O3/c1-16-12-20(33-4)10-11-21(16)24-18(15-30(28-24)19-8-6-5-7-9-19)13-22-17(2)23(14-27)26(32)29(3)25(22)31/h5-13,15H,1-4H3/b22-13+. The molecule has 1 aliphatic heterocycles. The Morgan fingerprint density at radius 2 is 1.79 bits per heavy atom. The molecule has 1 aliphatic rings. The first-order valence-electron chi connectivity index (χ1n) is 10.3. The van der Waals surface area contributed by atoms with Gasteiger partial charge in [0.05, 0.1) is 12.8 Å². The van der Waals surface area contributed by atoms with Crippen LogP contribution in [0.2, 0.25) is 0 Å². The summed E-state index contributed by atoms with van der Waals surface area (Å²) >= 11 is 0. The summed E-state index contributed by atoms with van der Waals surface area (Å²) in [5, 5.41) is 14.3. The summed E-state index contributed by atoms with van der Waals surface area (Å²) in [7, 11) is 2.99. The average molecular weight is 438 g/mol. The summed E-state index contributed by atoms with van der Waals surface area (Å²) in [6, 6.07) is 17.3. The fraction of sp³-hybridized carbons (Fsp3) is 0.154. The molecule has 7 nitrogen and oxygen atoms in total. The van der Waals surface area contributed by atoms with Crippen LogP contribution in [0.15, 0.2) is 71.4 Å². The van der Waals surface area contributed by atoms with Crippen molar-refractivity contribution in [2.45, 2.75) is 13.8 Å². The van der Waals surface area contributed by atoms with E-state index in [4.69, 9.17) is 9.84 Å². The van der Waals surface area contributed by atoms with Crippen molar-refractivity contribution < 1.29 is 14.3 Å². The number of hydrogen-bond acceptors (Lipinski definition) is 5. The zero-order valence-electron chi connectivity index (χ0n) is 18.8. The van der Waals surface area contributed by atoms with Gasteiger partial charge in [0, 0.05) is 29.9 Å². The molecule has 0 saturated heterocycles. The number of aryl methyl sites for hydroxylation is 1. The third-order valence-corrected chi connectivity index (χ3v) is 5.70. The van der Waals surface area contributed by atoms with E-state index in [9.17, 15) is 14.9 Å². The summed E-state index contributed by atoms with van der Waals surface area (Å²) in [6.07, 6.45) is 3.54. The van der Waals surface area contributed by atoms with Crippen molar-refractivity contribution in [3.8, 4) is 28.8 Å². The van der Waals surface area contributed by atoms with Gasteiger partial charge in [0.15, 0.2) is 0 Å². The number of aromatic nitrogens is 2. The summed E-state index contributed by atoms with van der Waals surface area (Å²) in [4.78, 5) is 26.2. The predicted molar refractivity (Wildman–Crippen MR) is 124 cm³/mol. The van der Waals surface area contributed by atoms with Gasteiger partial charge in [-0.15, -0.1) is 0 Å². The number of carbonyl (C=O) groups is 2. The molecule has 2 heterocycles. The molecule has 0 atom stereocenters. The minimum Gasteiger partial charge on any atom is -0.497 e. The molecule has 0 unspecified atom stereocenters. The van der Waals surface area contributed by atoms with E-state index >= 15 is 0 Å². The molecule has 33 heavy (non-hydrogen) atoms. The highest BCUT2D eigenvalue weighted by Gasteiger charge is 2.33. The van der Waals surface area contributed by atoms with Crippen LogP contribution in [-0.4, -0.2) is 40.7 Å². The zero-order chi connectivity index (χ0) is 23.7. The third-order valence-electron chi connectivity index (χ3n) is 5.70. The lowest BCUT2D eigenvalue weighted by molar-refractivity contribution is -0.138. The zero-order valence-corrected chi connectivity index (χ0v) is 18.8. The van der Waals surface area contributed by atoms with Crippen LogP contribution < -0.4 is 4.74 Å². The first-order chi connectivity index (χ1) is 15.8. The fourth-order valence-corrected chi connectivity index (χ4v) is 3.80. The molecule has 7 heteroatoms. The van der Waals surface area contributed by atoms with Crippen LogP contribution >= 0.6 is 0 Å². The van der Waals surface area contributed by atoms with Crippen LogP contribution in [0.3, 0.4) is 0 Å². The Labute approximate surface area is 191 Å². The van der Waals surface area contributed by atoms with Gasteiger partial charge in [-0.05, 0) is 61.4 Å². The minimum absolute atomic E-state index is 0.0408. The number of carbonyl (C=O) groups excluding carboxylic acids is 2. The van der Waals surface area contributed by atoms with Crippen molar-refractivity contribution >= 4 is 17.9 Å². The van der Waals surface area contributed by atoms with Crippen molar-refractivity contribution in [2.75, 3.05) is 14.2 Å². The van der Waals surface area contributed by atoms with Crippen LogP contribution in [0.1, 0.15) is 18.1 Å². The number of benzene rings is 2. The molecule has 3 aromatic rings. The number of amides is 2. The SMILES string of the molecule is COc1ccc(-c2nn(-c3ccccc3)cc2/C=C2/C(=O)N(C)C(=O)C(C#N)=C2C)c(C)c1. The molecule has 0 fully saturated rings. The van der Waals surface area contributed by atoms with Crippen LogP contribution in [0.4, 0.5) is 0 Å². The Bertz CT molecular complexity index is 1370. The molecule has 0 radical (unpaired) electrons. The lowest BCUT2D eigenvalue weighted by Crippen LogP contribution is -2.39. The van der Waals surface area contributed by atoms with E-state index in [0.29, 0.717) is 16.8 Å². The second-order valence-corrected chi connectivity index (χ2v) is 7.73. The third kappa shape index (κ3) is 3.83. The molecule has 0 saturated carbocycles. The summed E-state index contributed by atoms with van der Waals surface area (Å²) in [6.45, 7) is 3.58. The van der Waals surface area contributed by atoms with Crippen LogP contribution in [0, 0.1) is 18.3 Å². The quantitative estimate of drug-likeness (QED) is 0.452. The van der Waals surface area contributed by atoms with E-state index in [1.165, 1.54) is 7.05 Å². The number of methoxy groups -OCH3 is 1. The first kappa shape index (κ1) is 21.8. The number of nitriles is 1. The molecular formula is C26H22N4O3. The number of imide groups is 1. The molecule has 0 N–H and O–H groups in total. The summed E-state index contributed by atoms with van der Waals surface area (Å²) in [5.41, 5.74) is 4.67. The Kier molecular flexibility index (Phi) is 5.67. The van der Waals surface area contributed by atoms with Crippen molar-refractivity contribution in [2.24, 2.45) is 0 Å². The van der Waals surface area contributed by atoms with E-state index in [2.05, 4.69) is 0 Å². The Morgan fingerprint density at radius 1 is 1.06 bits per heavy atom. The van der Waals surface area contributed by atoms with E-state index in [-0.39, 0.29) is 11.1 Å². The van der Waals surface area contributed by atoms with Crippen molar-refractivity contribution in [3.63, 3.8) is 0 Å². The second kappa shape index (κ2) is 8.60. The van der Waals surface area contributed by atoms with E-state index in [1.807, 2.05) is 67.7 Å². The number of ether oxygens (including phenoxy) is 1. The number of para-hydroxylation sites is 1. The number of hydrogen-bond donors (Lipinski definition) is 0. The van der Waals surface area contributed by atoms with Gasteiger partial charge in [-0.25, -0.2) is 4.68 Å². The lowest BCUT2D eigenvalue weighted by atomic mass is 9.93. The maximum atomic E-state index is 12.9. The lowest BCUT2D eigenvalue weighted by Gasteiger charge is -2.23. The highest BCUT2D eigenvalue weighted by molar-refractivity contribution is 6.19. The molecular weight excluding hydrogens is 416 g/mol. The largest absolute Gasteiger partial charge is 0.497 e. The van der Waals surface area contributed by atoms with E-state index in [0.717, 1.165) is 27.5 Å². The molecule has 0 aliphatic carbocycles. The normalized spacial score (nSPS) is 15.2. The van der Waals surface area contributed by atoms with Gasteiger partial charge in [-0.3, -0.25) is 14.5 Å². The summed E-state index contributed by atoms with van der Waals surface area (Å²) < 4.78 is 7.08. The number of rotatable bonds is 4. The Balaban J connectivity index is 1.95. The topological polar surface area (TPSA) is 88.2 Å².